The molecule has 1 aromatic rings. The summed E-state index contributed by atoms with van der Waals surface area (Å²) in [5, 5.41) is 9.84. The van der Waals surface area contributed by atoms with E-state index >= 15 is 0 Å². The lowest BCUT2D eigenvalue weighted by Gasteiger charge is -2.30. The highest BCUT2D eigenvalue weighted by molar-refractivity contribution is 14.1. The van der Waals surface area contributed by atoms with E-state index in [1.54, 1.807) is 13.8 Å². The Hall–Kier alpha value is -0.490. The number of hydrogen-bond donors (Lipinski definition) is 2. The Balaban J connectivity index is 2.95. The number of rotatable bonds is 4. The summed E-state index contributed by atoms with van der Waals surface area (Å²) >= 11 is 2.24. The van der Waals surface area contributed by atoms with Crippen molar-refractivity contribution < 1.29 is 5.11 Å². The third-order valence-corrected chi connectivity index (χ3v) is 2.96. The number of likely N-dealkylation sites (N-methyl/N-ethyl adjacent to an activating group) is 1. The molecule has 0 atom stereocenters. The second-order valence-electron chi connectivity index (χ2n) is 4.53. The predicted molar refractivity (Wildman–Crippen MR) is 77.8 cm³/mol. The zero-order valence-corrected chi connectivity index (χ0v) is 12.2. The molecule has 0 saturated carbocycles. The van der Waals surface area contributed by atoms with Crippen molar-refractivity contribution in [2.24, 2.45) is 0 Å². The molecule has 0 fully saturated rings. The molecular formula is C12H19IN2O. The number of nitrogen functional groups attached to an aromatic ring is 1. The van der Waals surface area contributed by atoms with Gasteiger partial charge in [0.25, 0.3) is 0 Å². The van der Waals surface area contributed by atoms with E-state index in [1.807, 2.05) is 18.2 Å². The second kappa shape index (κ2) is 5.23. The molecule has 0 bridgehead atoms. The first-order valence-electron chi connectivity index (χ1n) is 5.36. The topological polar surface area (TPSA) is 49.5 Å². The maximum Gasteiger partial charge on any atom is 0.0765 e. The summed E-state index contributed by atoms with van der Waals surface area (Å²) in [4.78, 5) is 2.09. The van der Waals surface area contributed by atoms with Crippen LogP contribution in [0.2, 0.25) is 0 Å². The molecule has 0 aromatic heterocycles. The lowest BCUT2D eigenvalue weighted by molar-refractivity contribution is 0.0876. The number of nitrogens with zero attached hydrogens (tertiary/aromatic N) is 1. The number of nitrogens with two attached hydrogens (primary N) is 1. The van der Waals surface area contributed by atoms with Crippen LogP contribution in [0.1, 0.15) is 20.8 Å². The molecule has 0 aliphatic carbocycles. The maximum absolute atomic E-state index is 9.84. The van der Waals surface area contributed by atoms with Crippen LogP contribution in [0.3, 0.4) is 0 Å². The monoisotopic (exact) mass is 334 g/mol. The molecule has 90 valence electrons. The van der Waals surface area contributed by atoms with Crippen LogP contribution in [-0.4, -0.2) is 23.8 Å². The van der Waals surface area contributed by atoms with Gasteiger partial charge in [-0.3, -0.25) is 0 Å². The van der Waals surface area contributed by atoms with Gasteiger partial charge in [-0.15, -0.1) is 0 Å². The molecular weight excluding hydrogens is 315 g/mol. The van der Waals surface area contributed by atoms with Gasteiger partial charge in [-0.05, 0) is 61.6 Å². The zero-order valence-electron chi connectivity index (χ0n) is 10.00. The Morgan fingerprint density at radius 3 is 2.50 bits per heavy atom. The van der Waals surface area contributed by atoms with E-state index in [1.165, 1.54) is 0 Å². The zero-order chi connectivity index (χ0) is 12.3. The van der Waals surface area contributed by atoms with Crippen molar-refractivity contribution in [3.05, 3.63) is 21.8 Å². The molecule has 16 heavy (non-hydrogen) atoms. The van der Waals surface area contributed by atoms with Gasteiger partial charge in [-0.25, -0.2) is 0 Å². The molecule has 0 aliphatic rings. The van der Waals surface area contributed by atoms with Crippen molar-refractivity contribution in [2.75, 3.05) is 23.7 Å². The Bertz CT molecular complexity index is 361. The van der Waals surface area contributed by atoms with Gasteiger partial charge in [0.1, 0.15) is 0 Å². The summed E-state index contributed by atoms with van der Waals surface area (Å²) in [6, 6.07) is 5.98. The van der Waals surface area contributed by atoms with E-state index in [0.29, 0.717) is 6.54 Å². The molecule has 3 nitrogen and oxygen atoms in total. The second-order valence-corrected chi connectivity index (χ2v) is 5.78. The van der Waals surface area contributed by atoms with E-state index in [2.05, 4.69) is 34.4 Å². The molecule has 4 heteroatoms. The van der Waals surface area contributed by atoms with Crippen LogP contribution in [0.4, 0.5) is 11.4 Å². The lowest BCUT2D eigenvalue weighted by Crippen LogP contribution is -2.38. The van der Waals surface area contributed by atoms with E-state index in [4.69, 9.17) is 5.73 Å². The minimum Gasteiger partial charge on any atom is -0.397 e. The first-order valence-corrected chi connectivity index (χ1v) is 6.43. The molecule has 0 saturated heterocycles. The number of aliphatic hydroxyl groups is 1. The van der Waals surface area contributed by atoms with Crippen molar-refractivity contribution in [1.82, 2.24) is 0 Å². The Kier molecular flexibility index (Phi) is 4.43. The Morgan fingerprint density at radius 2 is 2.06 bits per heavy atom. The third-order valence-electron chi connectivity index (χ3n) is 2.29. The highest BCUT2D eigenvalue weighted by atomic mass is 127. The third kappa shape index (κ3) is 3.83. The molecule has 1 aromatic carbocycles. The average Bonchev–Trinajstić information content (AvgIpc) is 2.13. The van der Waals surface area contributed by atoms with Crippen LogP contribution in [0.25, 0.3) is 0 Å². The van der Waals surface area contributed by atoms with Crippen LogP contribution in [-0.2, 0) is 0 Å². The fraction of sp³-hybridized carbons (Fsp3) is 0.500. The molecule has 0 radical (unpaired) electrons. The van der Waals surface area contributed by atoms with Crippen molar-refractivity contribution >= 4 is 34.0 Å². The SMILES string of the molecule is CCN(CC(C)(C)O)c1ccc(I)cc1N. The first-order chi connectivity index (χ1) is 7.33. The van der Waals surface area contributed by atoms with Gasteiger partial charge < -0.3 is 15.7 Å². The average molecular weight is 334 g/mol. The normalized spacial score (nSPS) is 11.6. The summed E-state index contributed by atoms with van der Waals surface area (Å²) in [6.45, 7) is 7.07. The molecule has 0 aliphatic heterocycles. The lowest BCUT2D eigenvalue weighted by atomic mass is 10.1. The van der Waals surface area contributed by atoms with Crippen molar-refractivity contribution in [3.63, 3.8) is 0 Å². The highest BCUT2D eigenvalue weighted by Crippen LogP contribution is 2.26. The summed E-state index contributed by atoms with van der Waals surface area (Å²) in [7, 11) is 0. The standard InChI is InChI=1S/C12H19IN2O/c1-4-15(8-12(2,3)16)11-6-5-9(13)7-10(11)14/h5-7,16H,4,8,14H2,1-3H3. The minimum absolute atomic E-state index is 0.578. The molecule has 3 N–H and O–H groups in total. The van der Waals surface area contributed by atoms with Gasteiger partial charge in [0, 0.05) is 16.7 Å². The van der Waals surface area contributed by atoms with E-state index in [-0.39, 0.29) is 0 Å². The van der Waals surface area contributed by atoms with E-state index in [9.17, 15) is 5.11 Å². The van der Waals surface area contributed by atoms with Crippen LogP contribution < -0.4 is 10.6 Å². The maximum atomic E-state index is 9.84. The first kappa shape index (κ1) is 13.6. The van der Waals surface area contributed by atoms with Crippen molar-refractivity contribution in [1.29, 1.82) is 0 Å². The number of halogens is 1. The van der Waals surface area contributed by atoms with Crippen molar-refractivity contribution in [3.8, 4) is 0 Å². The predicted octanol–water partition coefficient (Wildman–Crippen LogP) is 2.47. The largest absolute Gasteiger partial charge is 0.397 e. The molecule has 0 amide bonds. The van der Waals surface area contributed by atoms with Crippen LogP contribution in [0.15, 0.2) is 18.2 Å². The highest BCUT2D eigenvalue weighted by Gasteiger charge is 2.18. The smallest absolute Gasteiger partial charge is 0.0765 e. The quantitative estimate of drug-likeness (QED) is 0.657. The Morgan fingerprint density at radius 1 is 1.44 bits per heavy atom. The summed E-state index contributed by atoms with van der Waals surface area (Å²) in [5.41, 5.74) is 7.02. The van der Waals surface area contributed by atoms with E-state index in [0.717, 1.165) is 21.5 Å². The van der Waals surface area contributed by atoms with Crippen LogP contribution in [0.5, 0.6) is 0 Å². The van der Waals surface area contributed by atoms with Gasteiger partial charge in [-0.1, -0.05) is 0 Å². The number of hydrogen-bond acceptors (Lipinski definition) is 3. The molecule has 0 heterocycles. The molecule has 1 rings (SSSR count). The fourth-order valence-corrected chi connectivity index (χ4v) is 2.16. The van der Waals surface area contributed by atoms with Gasteiger partial charge in [-0.2, -0.15) is 0 Å². The molecule has 0 spiro atoms. The minimum atomic E-state index is -0.717. The van der Waals surface area contributed by atoms with E-state index < -0.39 is 5.60 Å². The van der Waals surface area contributed by atoms with Crippen LogP contribution >= 0.6 is 22.6 Å². The fourth-order valence-electron chi connectivity index (χ4n) is 1.65. The van der Waals surface area contributed by atoms with Crippen molar-refractivity contribution in [2.45, 2.75) is 26.4 Å². The van der Waals surface area contributed by atoms with Crippen LogP contribution in [0, 0.1) is 3.57 Å². The van der Waals surface area contributed by atoms with Gasteiger partial charge in [0.2, 0.25) is 0 Å². The molecule has 0 unspecified atom stereocenters. The summed E-state index contributed by atoms with van der Waals surface area (Å²) in [5.74, 6) is 0. The summed E-state index contributed by atoms with van der Waals surface area (Å²) < 4.78 is 1.12. The van der Waals surface area contributed by atoms with Gasteiger partial charge in [0.15, 0.2) is 0 Å². The van der Waals surface area contributed by atoms with Gasteiger partial charge in [0.05, 0.1) is 17.0 Å². The Labute approximate surface area is 111 Å². The number of anilines is 2. The number of benzene rings is 1. The summed E-state index contributed by atoms with van der Waals surface area (Å²) in [6.07, 6.45) is 0. The van der Waals surface area contributed by atoms with Gasteiger partial charge >= 0.3 is 0 Å².